The Morgan fingerprint density at radius 1 is 1.00 bits per heavy atom. The number of anilines is 3. The lowest BCUT2D eigenvalue weighted by molar-refractivity contribution is -0.141. The first-order chi connectivity index (χ1) is 13.4. The number of rotatable bonds is 3. The zero-order valence-electron chi connectivity index (χ0n) is 15.0. The van der Waals surface area contributed by atoms with Crippen LogP contribution < -0.4 is 15.6 Å². The number of aromatic amines is 1. The first kappa shape index (κ1) is 20.5. The summed E-state index contributed by atoms with van der Waals surface area (Å²) in [4.78, 5) is 20.0. The second kappa shape index (κ2) is 6.98. The number of hydrogen-bond donors (Lipinski definition) is 2. The van der Waals surface area contributed by atoms with Gasteiger partial charge in [0, 0.05) is 20.2 Å². The molecule has 0 aliphatic carbocycles. The Bertz CT molecular complexity index is 1100. The molecule has 11 heteroatoms. The van der Waals surface area contributed by atoms with Gasteiger partial charge in [0.05, 0.1) is 34.0 Å². The smallest absolute Gasteiger partial charge is 0.376 e. The van der Waals surface area contributed by atoms with Crippen LogP contribution in [0.3, 0.4) is 0 Å². The maximum absolute atomic E-state index is 13.2. The Morgan fingerprint density at radius 2 is 1.69 bits per heavy atom. The number of nitrogens with zero attached hydrogens (tertiary/aromatic N) is 2. The SMILES string of the molecule is CN(C)c1ccc(Nc2cc(C(F)(F)F)cc3[nH]c(C(F)(F)F)cc(=O)c23)nc1. The highest BCUT2D eigenvalue weighted by Gasteiger charge is 2.35. The van der Waals surface area contributed by atoms with Gasteiger partial charge >= 0.3 is 12.4 Å². The molecule has 0 amide bonds. The molecule has 0 spiro atoms. The van der Waals surface area contributed by atoms with E-state index in [1.165, 1.54) is 12.3 Å². The highest BCUT2D eigenvalue weighted by molar-refractivity contribution is 5.93. The minimum absolute atomic E-state index is 0.121. The van der Waals surface area contributed by atoms with Crippen molar-refractivity contribution in [3.8, 4) is 0 Å². The van der Waals surface area contributed by atoms with E-state index in [9.17, 15) is 31.1 Å². The monoisotopic (exact) mass is 416 g/mol. The number of nitrogens with one attached hydrogen (secondary N) is 2. The Balaban J connectivity index is 2.20. The van der Waals surface area contributed by atoms with Gasteiger partial charge in [-0.3, -0.25) is 4.79 Å². The number of halogens is 6. The number of hydrogen-bond acceptors (Lipinski definition) is 4. The number of alkyl halides is 6. The zero-order chi connectivity index (χ0) is 21.6. The molecule has 5 nitrogen and oxygen atoms in total. The van der Waals surface area contributed by atoms with Gasteiger partial charge in [0.1, 0.15) is 11.5 Å². The predicted molar refractivity (Wildman–Crippen MR) is 96.4 cm³/mol. The van der Waals surface area contributed by atoms with Gasteiger partial charge in [-0.25, -0.2) is 4.98 Å². The molecule has 0 radical (unpaired) electrons. The summed E-state index contributed by atoms with van der Waals surface area (Å²) in [6, 6.07) is 4.55. The summed E-state index contributed by atoms with van der Waals surface area (Å²) in [7, 11) is 3.53. The highest BCUT2D eigenvalue weighted by Crippen LogP contribution is 2.36. The van der Waals surface area contributed by atoms with E-state index in [4.69, 9.17) is 0 Å². The van der Waals surface area contributed by atoms with Crippen LogP contribution in [-0.4, -0.2) is 24.1 Å². The van der Waals surface area contributed by atoms with E-state index in [1.807, 2.05) is 4.98 Å². The first-order valence-electron chi connectivity index (χ1n) is 8.12. The topological polar surface area (TPSA) is 61.0 Å². The van der Waals surface area contributed by atoms with Gasteiger partial charge < -0.3 is 15.2 Å². The van der Waals surface area contributed by atoms with Crippen LogP contribution in [0.5, 0.6) is 0 Å². The summed E-state index contributed by atoms with van der Waals surface area (Å²) in [6.07, 6.45) is -8.30. The third kappa shape index (κ3) is 4.28. The molecule has 0 fully saturated rings. The molecule has 0 aliphatic heterocycles. The van der Waals surface area contributed by atoms with Crippen molar-refractivity contribution in [2.75, 3.05) is 24.3 Å². The summed E-state index contributed by atoms with van der Waals surface area (Å²) < 4.78 is 78.6. The number of aromatic nitrogens is 2. The maximum Gasteiger partial charge on any atom is 0.431 e. The molecule has 0 bridgehead atoms. The second-order valence-corrected chi connectivity index (χ2v) is 6.41. The van der Waals surface area contributed by atoms with Crippen LogP contribution in [-0.2, 0) is 12.4 Å². The fraction of sp³-hybridized carbons (Fsp3) is 0.222. The highest BCUT2D eigenvalue weighted by atomic mass is 19.4. The number of H-pyrrole nitrogens is 1. The van der Waals surface area contributed by atoms with Gasteiger partial charge in [0.15, 0.2) is 5.43 Å². The van der Waals surface area contributed by atoms with Crippen molar-refractivity contribution in [3.05, 3.63) is 58.0 Å². The first-order valence-corrected chi connectivity index (χ1v) is 8.12. The van der Waals surface area contributed by atoms with Crippen LogP contribution in [0, 0.1) is 0 Å². The van der Waals surface area contributed by atoms with E-state index in [1.54, 1.807) is 25.1 Å². The lowest BCUT2D eigenvalue weighted by Gasteiger charge is -2.16. The van der Waals surface area contributed by atoms with Gasteiger partial charge in [0.25, 0.3) is 0 Å². The number of fused-ring (bicyclic) bond motifs is 1. The zero-order valence-corrected chi connectivity index (χ0v) is 15.0. The van der Waals surface area contributed by atoms with Crippen LogP contribution in [0.25, 0.3) is 10.9 Å². The van der Waals surface area contributed by atoms with Crippen molar-refractivity contribution in [3.63, 3.8) is 0 Å². The van der Waals surface area contributed by atoms with E-state index in [0.29, 0.717) is 18.2 Å². The average molecular weight is 416 g/mol. The number of pyridine rings is 2. The van der Waals surface area contributed by atoms with Crippen LogP contribution in [0.1, 0.15) is 11.3 Å². The van der Waals surface area contributed by atoms with Crippen LogP contribution in [0.15, 0.2) is 41.3 Å². The van der Waals surface area contributed by atoms with Crippen molar-refractivity contribution in [2.45, 2.75) is 12.4 Å². The molecule has 0 aliphatic rings. The minimum Gasteiger partial charge on any atom is -0.376 e. The van der Waals surface area contributed by atoms with Crippen LogP contribution in [0.4, 0.5) is 43.5 Å². The van der Waals surface area contributed by atoms with Gasteiger partial charge in [0.2, 0.25) is 0 Å². The van der Waals surface area contributed by atoms with Crippen molar-refractivity contribution in [2.24, 2.45) is 0 Å². The molecule has 0 saturated carbocycles. The van der Waals surface area contributed by atoms with Gasteiger partial charge in [-0.2, -0.15) is 26.3 Å². The molecule has 29 heavy (non-hydrogen) atoms. The van der Waals surface area contributed by atoms with Crippen LogP contribution in [0.2, 0.25) is 0 Å². The van der Waals surface area contributed by atoms with Gasteiger partial charge in [-0.05, 0) is 24.3 Å². The van der Waals surface area contributed by atoms with E-state index in [0.717, 1.165) is 5.69 Å². The third-order valence-corrected chi connectivity index (χ3v) is 4.09. The molecule has 3 aromatic rings. The molecule has 154 valence electrons. The predicted octanol–water partition coefficient (Wildman–Crippen LogP) is 4.77. The second-order valence-electron chi connectivity index (χ2n) is 6.41. The van der Waals surface area contributed by atoms with Crippen molar-refractivity contribution in [1.29, 1.82) is 0 Å². The van der Waals surface area contributed by atoms with E-state index in [-0.39, 0.29) is 16.9 Å². The summed E-state index contributed by atoms with van der Waals surface area (Å²) in [5.74, 6) is 0.121. The quantitative estimate of drug-likeness (QED) is 0.604. The van der Waals surface area contributed by atoms with E-state index in [2.05, 4.69) is 10.3 Å². The van der Waals surface area contributed by atoms with Crippen molar-refractivity contribution < 1.29 is 26.3 Å². The van der Waals surface area contributed by atoms with Gasteiger partial charge in [-0.1, -0.05) is 0 Å². The molecule has 2 aromatic heterocycles. The molecule has 2 heterocycles. The summed E-state index contributed by atoms with van der Waals surface area (Å²) >= 11 is 0. The molecule has 3 rings (SSSR count). The van der Waals surface area contributed by atoms with Crippen molar-refractivity contribution >= 4 is 28.1 Å². The Kier molecular flexibility index (Phi) is 4.93. The molecule has 2 N–H and O–H groups in total. The van der Waals surface area contributed by atoms with E-state index >= 15 is 0 Å². The summed E-state index contributed by atoms with van der Waals surface area (Å²) in [5.41, 5.74) is -3.91. The third-order valence-electron chi connectivity index (χ3n) is 4.09. The normalized spacial score (nSPS) is 12.3. The fourth-order valence-corrected chi connectivity index (χ4v) is 2.67. The number of benzene rings is 1. The maximum atomic E-state index is 13.2. The molecule has 0 saturated heterocycles. The lowest BCUT2D eigenvalue weighted by atomic mass is 10.1. The minimum atomic E-state index is -4.92. The average Bonchev–Trinajstić information content (AvgIpc) is 2.60. The Hall–Kier alpha value is -3.24. The molecule has 1 aromatic carbocycles. The Morgan fingerprint density at radius 3 is 2.21 bits per heavy atom. The fourth-order valence-electron chi connectivity index (χ4n) is 2.67. The van der Waals surface area contributed by atoms with Crippen molar-refractivity contribution in [1.82, 2.24) is 9.97 Å². The standard InChI is InChI=1S/C18H14F6N4O/c1-28(2)10-3-4-15(25-8-10)27-12-6-9(17(19,20)21)5-11-16(12)13(29)7-14(26-11)18(22,23)24/h3-8H,1-2H3,(H,25,27)(H,26,29). The molecular formula is C18H14F6N4O. The summed E-state index contributed by atoms with van der Waals surface area (Å²) in [5, 5.41) is 2.25. The molecule has 0 atom stereocenters. The van der Waals surface area contributed by atoms with Crippen LogP contribution >= 0.6 is 0 Å². The van der Waals surface area contributed by atoms with E-state index < -0.39 is 34.6 Å². The summed E-state index contributed by atoms with van der Waals surface area (Å²) in [6.45, 7) is 0. The largest absolute Gasteiger partial charge is 0.431 e. The Labute approximate surface area is 160 Å². The molecular weight excluding hydrogens is 402 g/mol. The lowest BCUT2D eigenvalue weighted by Crippen LogP contribution is -2.16. The van der Waals surface area contributed by atoms with Gasteiger partial charge in [-0.15, -0.1) is 0 Å². The molecule has 0 unspecified atom stereocenters.